The van der Waals surface area contributed by atoms with Gasteiger partial charge in [-0.25, -0.2) is 13.2 Å². The van der Waals surface area contributed by atoms with Crippen LogP contribution in [-0.4, -0.2) is 116 Å². The third-order valence-electron chi connectivity index (χ3n) is 12.5. The molecule has 2 aliphatic carbocycles. The lowest BCUT2D eigenvalue weighted by Crippen LogP contribution is -2.65. The number of allylic oxidation sites excluding steroid dienone is 1. The Balaban J connectivity index is 1.23. The molecule has 0 spiro atoms. The van der Waals surface area contributed by atoms with Crippen LogP contribution in [0.5, 0.6) is 17.5 Å². The first kappa shape index (κ1) is 43.2. The predicted molar refractivity (Wildman–Crippen MR) is 207 cm³/mol. The molecule has 0 unspecified atom stereocenters. The lowest BCUT2D eigenvalue weighted by molar-refractivity contribution is -0.331. The molecule has 16 nitrogen and oxygen atoms in total. The number of sulfonamides is 1. The minimum absolute atomic E-state index is 0.0580. The molecule has 328 valence electrons. The van der Waals surface area contributed by atoms with Crippen molar-refractivity contribution in [3.63, 3.8) is 0 Å². The van der Waals surface area contributed by atoms with E-state index in [0.717, 1.165) is 0 Å². The molecule has 0 radical (unpaired) electrons. The lowest BCUT2D eigenvalue weighted by atomic mass is 9.88. The molecule has 1 aromatic heterocycles. The van der Waals surface area contributed by atoms with Crippen molar-refractivity contribution in [2.45, 2.75) is 106 Å². The van der Waals surface area contributed by atoms with E-state index in [4.69, 9.17) is 23.7 Å². The summed E-state index contributed by atoms with van der Waals surface area (Å²) >= 11 is 0. The van der Waals surface area contributed by atoms with Crippen molar-refractivity contribution in [2.75, 3.05) is 34.0 Å². The van der Waals surface area contributed by atoms with Gasteiger partial charge in [-0.05, 0) is 80.9 Å². The maximum Gasteiger partial charge on any atom is 0.433 e. The van der Waals surface area contributed by atoms with Gasteiger partial charge in [0.15, 0.2) is 0 Å². The Bertz CT molecular complexity index is 2170. The molecule has 4 heterocycles. The van der Waals surface area contributed by atoms with Crippen molar-refractivity contribution in [1.29, 1.82) is 0 Å². The zero-order valence-corrected chi connectivity index (χ0v) is 34.7. The van der Waals surface area contributed by atoms with Crippen molar-refractivity contribution in [2.24, 2.45) is 17.8 Å². The van der Waals surface area contributed by atoms with Crippen LogP contribution >= 0.6 is 0 Å². The lowest BCUT2D eigenvalue weighted by Gasteiger charge is -2.41. The van der Waals surface area contributed by atoms with Gasteiger partial charge in [-0.3, -0.25) is 19.1 Å². The van der Waals surface area contributed by atoms with Crippen LogP contribution in [-0.2, 0) is 33.9 Å². The molecule has 7 rings (SSSR count). The fourth-order valence-corrected chi connectivity index (χ4v) is 9.47. The van der Waals surface area contributed by atoms with Crippen LogP contribution in [0.1, 0.15) is 65.7 Å². The Kier molecular flexibility index (Phi) is 11.4. The van der Waals surface area contributed by atoms with Gasteiger partial charge < -0.3 is 39.2 Å². The average molecular weight is 866 g/mol. The third-order valence-corrected chi connectivity index (χ3v) is 14.6. The Morgan fingerprint density at radius 2 is 1.80 bits per heavy atom. The van der Waals surface area contributed by atoms with Crippen LogP contribution in [0.2, 0.25) is 0 Å². The molecular weight excluding hydrogens is 816 g/mol. The Hall–Kier alpha value is -4.85. The summed E-state index contributed by atoms with van der Waals surface area (Å²) in [5.41, 5.74) is -4.56. The van der Waals surface area contributed by atoms with E-state index in [9.17, 15) is 40.8 Å². The second kappa shape index (κ2) is 15.9. The SMILES string of the molecule is COc1ccc2c(O[C@@H]3C[C@H]4C(=O)N[C@]5(C(=O)NS(=O)(=O)C6(C)CC6)C[C@H]5/C=C\CC[C@@H](C)C[C@@H](C)[C@H](NC(=O)OC5(C(F)(F)F)COC5)C(=O)N4C3)nc(OC)cc2c1. The number of nitrogens with zero attached hydrogens (tertiary/aromatic N) is 2. The molecule has 0 bridgehead atoms. The number of nitrogens with one attached hydrogen (secondary N) is 3. The summed E-state index contributed by atoms with van der Waals surface area (Å²) in [6.45, 7) is 3.07. The number of carbonyl (C=O) groups excluding carboxylic acids is 4. The van der Waals surface area contributed by atoms with Gasteiger partial charge in [0, 0.05) is 23.8 Å². The fourth-order valence-electron chi connectivity index (χ4n) is 8.16. The smallest absolute Gasteiger partial charge is 0.433 e. The van der Waals surface area contributed by atoms with Gasteiger partial charge in [0.25, 0.3) is 11.5 Å². The summed E-state index contributed by atoms with van der Waals surface area (Å²) < 4.78 is 96.4. The highest BCUT2D eigenvalue weighted by molar-refractivity contribution is 7.91. The number of aromatic nitrogens is 1. The van der Waals surface area contributed by atoms with E-state index in [1.54, 1.807) is 37.3 Å². The van der Waals surface area contributed by atoms with Gasteiger partial charge in [-0.2, -0.15) is 18.2 Å². The highest BCUT2D eigenvalue weighted by atomic mass is 32.2. The number of rotatable bonds is 9. The first-order valence-corrected chi connectivity index (χ1v) is 21.4. The molecule has 3 N–H and O–H groups in total. The zero-order valence-electron chi connectivity index (χ0n) is 33.9. The monoisotopic (exact) mass is 865 g/mol. The Labute approximate surface area is 345 Å². The molecule has 2 aromatic rings. The molecule has 4 fully saturated rings. The second-order valence-electron chi connectivity index (χ2n) is 17.0. The topological polar surface area (TPSA) is 201 Å². The predicted octanol–water partition coefficient (Wildman–Crippen LogP) is 3.91. The van der Waals surface area contributed by atoms with Gasteiger partial charge in [0.05, 0.1) is 38.7 Å². The van der Waals surface area contributed by atoms with Crippen LogP contribution in [0.15, 0.2) is 36.4 Å². The van der Waals surface area contributed by atoms with E-state index < -0.39 is 99.1 Å². The first-order valence-electron chi connectivity index (χ1n) is 19.9. The third kappa shape index (κ3) is 8.28. The number of pyridine rings is 1. The molecule has 3 aliphatic heterocycles. The quantitative estimate of drug-likeness (QED) is 0.308. The van der Waals surface area contributed by atoms with Crippen LogP contribution in [0, 0.1) is 17.8 Å². The number of benzene rings is 1. The summed E-state index contributed by atoms with van der Waals surface area (Å²) in [5, 5.41) is 6.38. The summed E-state index contributed by atoms with van der Waals surface area (Å²) in [7, 11) is -1.16. The largest absolute Gasteiger partial charge is 0.497 e. The maximum absolute atomic E-state index is 14.9. The number of hydrogen-bond donors (Lipinski definition) is 3. The number of hydrogen-bond acceptors (Lipinski definition) is 12. The number of amides is 4. The van der Waals surface area contributed by atoms with Crippen LogP contribution in [0.4, 0.5) is 18.0 Å². The fraction of sp³-hybridized carbons (Fsp3) is 0.625. The van der Waals surface area contributed by atoms with Crippen molar-refractivity contribution < 1.29 is 64.5 Å². The highest BCUT2D eigenvalue weighted by Crippen LogP contribution is 2.48. The van der Waals surface area contributed by atoms with E-state index >= 15 is 0 Å². The highest BCUT2D eigenvalue weighted by Gasteiger charge is 2.65. The molecule has 20 heteroatoms. The van der Waals surface area contributed by atoms with Gasteiger partial charge in [-0.15, -0.1) is 0 Å². The van der Waals surface area contributed by atoms with Crippen molar-refractivity contribution in [3.8, 4) is 17.5 Å². The van der Waals surface area contributed by atoms with E-state index in [2.05, 4.69) is 20.3 Å². The van der Waals surface area contributed by atoms with Crippen LogP contribution in [0.25, 0.3) is 10.8 Å². The number of alkyl halides is 3. The van der Waals surface area contributed by atoms with Crippen molar-refractivity contribution in [3.05, 3.63) is 36.4 Å². The number of ether oxygens (including phenoxy) is 5. The van der Waals surface area contributed by atoms with Crippen molar-refractivity contribution in [1.82, 2.24) is 25.2 Å². The van der Waals surface area contributed by atoms with Crippen molar-refractivity contribution >= 4 is 44.6 Å². The Morgan fingerprint density at radius 1 is 1.07 bits per heavy atom. The zero-order chi connectivity index (χ0) is 43.4. The molecule has 2 saturated heterocycles. The number of carbonyl (C=O) groups is 4. The van der Waals surface area contributed by atoms with E-state index in [0.29, 0.717) is 48.6 Å². The molecule has 60 heavy (non-hydrogen) atoms. The van der Waals surface area contributed by atoms with E-state index in [1.165, 1.54) is 26.0 Å². The summed E-state index contributed by atoms with van der Waals surface area (Å²) in [6, 6.07) is 4.00. The summed E-state index contributed by atoms with van der Waals surface area (Å²) in [6.07, 6.45) is -1.59. The molecule has 1 aromatic carbocycles. The van der Waals surface area contributed by atoms with Gasteiger partial charge in [0.1, 0.15) is 29.5 Å². The van der Waals surface area contributed by atoms with E-state index in [1.807, 2.05) is 13.0 Å². The minimum atomic E-state index is -4.95. The molecular formula is C40H50F3N5O11S. The normalized spacial score (nSPS) is 30.5. The van der Waals surface area contributed by atoms with Gasteiger partial charge in [-0.1, -0.05) is 26.0 Å². The molecule has 2 saturated carbocycles. The van der Waals surface area contributed by atoms with Crippen LogP contribution in [0.3, 0.4) is 0 Å². The number of fused-ring (bicyclic) bond motifs is 3. The summed E-state index contributed by atoms with van der Waals surface area (Å²) in [4.78, 5) is 62.3. The second-order valence-corrected chi connectivity index (χ2v) is 19.2. The standard InChI is InChI=1S/C40H50F3N5O11S/c1-22-8-6-7-9-25-18-39(25,35(51)47-60(53,54)37(3)12-13-37)46-32(49)29-17-27(58-33-28-11-10-26(55-4)15-24(28)16-30(44-33)56-5)19-48(29)34(50)31(23(2)14-22)45-36(52)59-38(20-57-21-38)40(41,42)43/h7,9-11,15-16,22-23,25,27,29,31H,6,8,12-14,17-21H2,1-5H3,(H,45,52)(H,46,49)(H,47,51)/b9-7-/t22-,23-,25-,27-,29+,31+,39-/m1/s1. The average Bonchev–Trinajstić information content (AvgIpc) is 4.05. The number of methoxy groups -OCH3 is 2. The maximum atomic E-state index is 14.9. The summed E-state index contributed by atoms with van der Waals surface area (Å²) in [5.74, 6) is -2.95. The number of halogens is 3. The van der Waals surface area contributed by atoms with E-state index in [-0.39, 0.29) is 37.1 Å². The molecule has 4 amide bonds. The molecule has 7 atom stereocenters. The first-order chi connectivity index (χ1) is 28.2. The number of alkyl carbamates (subject to hydrolysis) is 1. The minimum Gasteiger partial charge on any atom is -0.497 e. The van der Waals surface area contributed by atoms with Gasteiger partial charge >= 0.3 is 12.3 Å². The molecule has 5 aliphatic rings. The van der Waals surface area contributed by atoms with Crippen LogP contribution < -0.4 is 29.6 Å². The van der Waals surface area contributed by atoms with Gasteiger partial charge in [0.2, 0.25) is 33.6 Å². The Morgan fingerprint density at radius 3 is 2.43 bits per heavy atom.